The molecular formula is C12H13F2NO4S. The van der Waals surface area contributed by atoms with E-state index in [0.29, 0.717) is 6.07 Å². The lowest BCUT2D eigenvalue weighted by Gasteiger charge is -2.15. The van der Waals surface area contributed by atoms with Crippen molar-refractivity contribution < 1.29 is 27.3 Å². The normalized spacial score (nSPS) is 13.4. The summed E-state index contributed by atoms with van der Waals surface area (Å²) in [6.07, 6.45) is 0. The Labute approximate surface area is 116 Å². The minimum atomic E-state index is -1.93. The van der Waals surface area contributed by atoms with E-state index in [1.165, 1.54) is 6.92 Å². The standard InChI is InChI=1S/C12H13F2NO4S/c1-7(16)15-10(12(17)19-2)6-20(18)11-4-3-8(13)5-9(11)14/h3-5,10H,6H2,1-2H3,(H,15,16). The van der Waals surface area contributed by atoms with Gasteiger partial charge in [-0.2, -0.15) is 0 Å². The van der Waals surface area contributed by atoms with Gasteiger partial charge < -0.3 is 10.1 Å². The maximum absolute atomic E-state index is 13.5. The van der Waals surface area contributed by atoms with Gasteiger partial charge >= 0.3 is 5.97 Å². The highest BCUT2D eigenvalue weighted by Gasteiger charge is 2.24. The van der Waals surface area contributed by atoms with E-state index in [2.05, 4.69) is 10.1 Å². The number of carbonyl (C=O) groups excluding carboxylic acids is 2. The third kappa shape index (κ3) is 4.37. The van der Waals surface area contributed by atoms with Gasteiger partial charge in [-0.15, -0.1) is 0 Å². The van der Waals surface area contributed by atoms with E-state index in [1.54, 1.807) is 0 Å². The molecule has 0 fully saturated rings. The first-order valence-corrected chi connectivity index (χ1v) is 6.85. The number of esters is 1. The van der Waals surface area contributed by atoms with Crippen molar-refractivity contribution in [2.45, 2.75) is 17.9 Å². The average Bonchev–Trinajstić information content (AvgIpc) is 2.36. The molecule has 1 rings (SSSR count). The molecule has 1 aromatic rings. The van der Waals surface area contributed by atoms with E-state index < -0.39 is 40.4 Å². The van der Waals surface area contributed by atoms with Crippen LogP contribution in [0.5, 0.6) is 0 Å². The van der Waals surface area contributed by atoms with Gasteiger partial charge in [0.15, 0.2) is 0 Å². The lowest BCUT2D eigenvalue weighted by molar-refractivity contribution is -0.144. The molecule has 0 saturated carbocycles. The quantitative estimate of drug-likeness (QED) is 0.815. The third-order valence-electron chi connectivity index (χ3n) is 2.32. The number of amides is 1. The van der Waals surface area contributed by atoms with Crippen molar-refractivity contribution in [1.82, 2.24) is 5.32 Å². The Morgan fingerprint density at radius 2 is 2.05 bits per heavy atom. The first-order chi connectivity index (χ1) is 9.35. The molecule has 1 amide bonds. The van der Waals surface area contributed by atoms with Crippen LogP contribution in [0.4, 0.5) is 8.78 Å². The Bertz CT molecular complexity index is 550. The van der Waals surface area contributed by atoms with Crippen LogP contribution in [0, 0.1) is 11.6 Å². The van der Waals surface area contributed by atoms with Crippen LogP contribution in [0.1, 0.15) is 6.92 Å². The van der Waals surface area contributed by atoms with Gasteiger partial charge in [0.05, 0.1) is 28.6 Å². The molecule has 20 heavy (non-hydrogen) atoms. The molecule has 0 bridgehead atoms. The number of halogens is 2. The van der Waals surface area contributed by atoms with E-state index in [1.807, 2.05) is 0 Å². The fourth-order valence-corrected chi connectivity index (χ4v) is 2.66. The van der Waals surface area contributed by atoms with Gasteiger partial charge in [0.2, 0.25) is 5.91 Å². The van der Waals surface area contributed by atoms with Gasteiger partial charge in [0.1, 0.15) is 17.7 Å². The monoisotopic (exact) mass is 305 g/mol. The summed E-state index contributed by atoms with van der Waals surface area (Å²) >= 11 is 0. The van der Waals surface area contributed by atoms with E-state index in [-0.39, 0.29) is 10.6 Å². The number of carbonyl (C=O) groups is 2. The van der Waals surface area contributed by atoms with Crippen LogP contribution in [0.3, 0.4) is 0 Å². The zero-order valence-corrected chi connectivity index (χ0v) is 11.6. The second kappa shape index (κ2) is 7.09. The number of hydrogen-bond donors (Lipinski definition) is 1. The molecule has 0 aliphatic rings. The van der Waals surface area contributed by atoms with E-state index in [0.717, 1.165) is 19.2 Å². The predicted octanol–water partition coefficient (Wildman–Crippen LogP) is 0.750. The van der Waals surface area contributed by atoms with E-state index in [9.17, 15) is 22.6 Å². The van der Waals surface area contributed by atoms with Crippen LogP contribution in [-0.2, 0) is 25.1 Å². The Balaban J connectivity index is 2.90. The molecule has 0 radical (unpaired) electrons. The molecule has 8 heteroatoms. The zero-order chi connectivity index (χ0) is 15.3. The number of benzene rings is 1. The van der Waals surface area contributed by atoms with Gasteiger partial charge in [-0.1, -0.05) is 0 Å². The van der Waals surface area contributed by atoms with Crippen molar-refractivity contribution in [3.05, 3.63) is 29.8 Å². The average molecular weight is 305 g/mol. The minimum absolute atomic E-state index is 0.245. The second-order valence-corrected chi connectivity index (χ2v) is 5.33. The molecule has 5 nitrogen and oxygen atoms in total. The van der Waals surface area contributed by atoms with Crippen LogP contribution in [0.25, 0.3) is 0 Å². The van der Waals surface area contributed by atoms with Crippen molar-refractivity contribution in [3.63, 3.8) is 0 Å². The molecule has 0 spiro atoms. The molecule has 0 aromatic heterocycles. The number of rotatable bonds is 5. The van der Waals surface area contributed by atoms with Gasteiger partial charge in [-0.25, -0.2) is 13.6 Å². The van der Waals surface area contributed by atoms with Crippen molar-refractivity contribution in [2.75, 3.05) is 12.9 Å². The fraction of sp³-hybridized carbons (Fsp3) is 0.333. The van der Waals surface area contributed by atoms with Crippen molar-refractivity contribution in [1.29, 1.82) is 0 Å². The van der Waals surface area contributed by atoms with Crippen molar-refractivity contribution in [2.24, 2.45) is 0 Å². The maximum atomic E-state index is 13.5. The number of methoxy groups -OCH3 is 1. The summed E-state index contributed by atoms with van der Waals surface area (Å²) in [6.45, 7) is 1.18. The summed E-state index contributed by atoms with van der Waals surface area (Å²) in [5.41, 5.74) is 0. The smallest absolute Gasteiger partial charge is 0.329 e. The topological polar surface area (TPSA) is 72.5 Å². The summed E-state index contributed by atoms with van der Waals surface area (Å²) in [5.74, 6) is -3.45. The lowest BCUT2D eigenvalue weighted by Crippen LogP contribution is -2.44. The molecule has 2 unspecified atom stereocenters. The molecule has 1 N–H and O–H groups in total. The molecular weight excluding hydrogens is 292 g/mol. The Morgan fingerprint density at radius 1 is 1.40 bits per heavy atom. The molecule has 2 atom stereocenters. The van der Waals surface area contributed by atoms with Gasteiger partial charge in [0, 0.05) is 13.0 Å². The van der Waals surface area contributed by atoms with E-state index >= 15 is 0 Å². The summed E-state index contributed by atoms with van der Waals surface area (Å²) in [6, 6.07) is 1.42. The summed E-state index contributed by atoms with van der Waals surface area (Å²) in [4.78, 5) is 22.1. The van der Waals surface area contributed by atoms with Gasteiger partial charge in [0.25, 0.3) is 0 Å². The molecule has 110 valence electrons. The zero-order valence-electron chi connectivity index (χ0n) is 10.8. The third-order valence-corrected chi connectivity index (χ3v) is 3.78. The Morgan fingerprint density at radius 3 is 2.55 bits per heavy atom. The van der Waals surface area contributed by atoms with Gasteiger partial charge in [-0.05, 0) is 12.1 Å². The largest absolute Gasteiger partial charge is 0.467 e. The van der Waals surface area contributed by atoms with Gasteiger partial charge in [-0.3, -0.25) is 9.00 Å². The van der Waals surface area contributed by atoms with Crippen LogP contribution >= 0.6 is 0 Å². The van der Waals surface area contributed by atoms with Crippen molar-refractivity contribution in [3.8, 4) is 0 Å². The van der Waals surface area contributed by atoms with Crippen LogP contribution in [0.15, 0.2) is 23.1 Å². The number of nitrogens with one attached hydrogen (secondary N) is 1. The van der Waals surface area contributed by atoms with E-state index in [4.69, 9.17) is 0 Å². The SMILES string of the molecule is COC(=O)C(CS(=O)c1ccc(F)cc1F)NC(C)=O. The Hall–Kier alpha value is -1.83. The Kier molecular flexibility index (Phi) is 5.75. The first kappa shape index (κ1) is 16.2. The lowest BCUT2D eigenvalue weighted by atomic mass is 10.3. The number of hydrogen-bond acceptors (Lipinski definition) is 4. The minimum Gasteiger partial charge on any atom is -0.467 e. The molecule has 0 aliphatic heterocycles. The highest BCUT2D eigenvalue weighted by Crippen LogP contribution is 2.14. The van der Waals surface area contributed by atoms with Crippen LogP contribution in [-0.4, -0.2) is 35.0 Å². The summed E-state index contributed by atoms with van der Waals surface area (Å²) < 4.78 is 42.7. The molecule has 0 aliphatic carbocycles. The number of ether oxygens (including phenoxy) is 1. The highest BCUT2D eigenvalue weighted by atomic mass is 32.2. The van der Waals surface area contributed by atoms with Crippen molar-refractivity contribution >= 4 is 22.7 Å². The molecule has 1 aromatic carbocycles. The summed E-state index contributed by atoms with van der Waals surface area (Å²) in [5, 5.41) is 2.26. The van der Waals surface area contributed by atoms with Crippen LogP contribution in [0.2, 0.25) is 0 Å². The second-order valence-electron chi connectivity index (χ2n) is 3.86. The molecule has 0 saturated heterocycles. The van der Waals surface area contributed by atoms with Crippen LogP contribution < -0.4 is 5.32 Å². The molecule has 0 heterocycles. The predicted molar refractivity (Wildman–Crippen MR) is 67.3 cm³/mol. The maximum Gasteiger partial charge on any atom is 0.329 e. The first-order valence-electron chi connectivity index (χ1n) is 5.53. The summed E-state index contributed by atoms with van der Waals surface area (Å²) in [7, 11) is -0.819. The highest BCUT2D eigenvalue weighted by molar-refractivity contribution is 7.85. The fourth-order valence-electron chi connectivity index (χ4n) is 1.46.